The average molecular weight is 272 g/mol. The zero-order chi connectivity index (χ0) is 13.1. The molecule has 0 aliphatic heterocycles. The van der Waals surface area contributed by atoms with E-state index >= 15 is 0 Å². The average Bonchev–Trinajstić information content (AvgIpc) is 2.55. The summed E-state index contributed by atoms with van der Waals surface area (Å²) in [6, 6.07) is 0.605. The first kappa shape index (κ1) is 13.8. The summed E-state index contributed by atoms with van der Waals surface area (Å²) in [4.78, 5) is 2.33. The van der Waals surface area contributed by atoms with E-state index in [4.69, 9.17) is 11.6 Å². The molecule has 1 saturated carbocycles. The molecule has 0 bridgehead atoms. The molecule has 1 aliphatic carbocycles. The third-order valence-electron chi connectivity index (χ3n) is 3.78. The maximum Gasteiger partial charge on any atom is 0.0860 e. The number of aromatic nitrogens is 2. The van der Waals surface area contributed by atoms with E-state index in [2.05, 4.69) is 16.9 Å². The van der Waals surface area contributed by atoms with Crippen molar-refractivity contribution in [2.45, 2.75) is 52.2 Å². The van der Waals surface area contributed by atoms with Crippen LogP contribution in [0.3, 0.4) is 0 Å². The van der Waals surface area contributed by atoms with Crippen LogP contribution in [0.2, 0.25) is 5.02 Å². The molecule has 0 aromatic carbocycles. The number of nitrogens with zero attached hydrogens (tertiary/aromatic N) is 3. The molecule has 1 aromatic heterocycles. The Kier molecular flexibility index (Phi) is 4.65. The van der Waals surface area contributed by atoms with Gasteiger partial charge in [0.2, 0.25) is 0 Å². The summed E-state index contributed by atoms with van der Waals surface area (Å²) in [5.41, 5.74) is 1.98. The quantitative estimate of drug-likeness (QED) is 0.863. The van der Waals surface area contributed by atoms with Crippen molar-refractivity contribution in [2.75, 3.05) is 13.2 Å². The van der Waals surface area contributed by atoms with Gasteiger partial charge in [-0.1, -0.05) is 18.0 Å². The molecule has 2 rings (SSSR count). The van der Waals surface area contributed by atoms with Crippen LogP contribution in [0.15, 0.2) is 0 Å². The fourth-order valence-corrected chi connectivity index (χ4v) is 2.68. The SMILES string of the molecule is CCn1nc(C)c(Cl)c1CN(CCO)C1CCC1. The number of aryl methyl sites for hydroxylation is 2. The minimum absolute atomic E-state index is 0.202. The fraction of sp³-hybridized carbons (Fsp3) is 0.769. The van der Waals surface area contributed by atoms with Gasteiger partial charge in [-0.25, -0.2) is 0 Å². The monoisotopic (exact) mass is 271 g/mol. The van der Waals surface area contributed by atoms with Crippen molar-refractivity contribution in [1.29, 1.82) is 0 Å². The molecule has 5 heteroatoms. The topological polar surface area (TPSA) is 41.3 Å². The van der Waals surface area contributed by atoms with Gasteiger partial charge in [-0.05, 0) is 26.7 Å². The smallest absolute Gasteiger partial charge is 0.0860 e. The maximum atomic E-state index is 9.19. The standard InChI is InChI=1S/C13H22ClN3O/c1-3-17-12(13(14)10(2)15-17)9-16(7-8-18)11-5-4-6-11/h11,18H,3-9H2,1-2H3. The molecule has 0 radical (unpaired) electrons. The molecule has 0 saturated heterocycles. The Hall–Kier alpha value is -0.580. The summed E-state index contributed by atoms with van der Waals surface area (Å²) >= 11 is 6.33. The largest absolute Gasteiger partial charge is 0.395 e. The van der Waals surface area contributed by atoms with Gasteiger partial charge in [-0.3, -0.25) is 9.58 Å². The first-order chi connectivity index (χ1) is 8.67. The van der Waals surface area contributed by atoms with E-state index in [1.54, 1.807) is 0 Å². The molecular formula is C13H22ClN3O. The van der Waals surface area contributed by atoms with E-state index in [1.165, 1.54) is 19.3 Å². The van der Waals surface area contributed by atoms with Gasteiger partial charge in [0.25, 0.3) is 0 Å². The van der Waals surface area contributed by atoms with Gasteiger partial charge in [0.15, 0.2) is 0 Å². The minimum Gasteiger partial charge on any atom is -0.395 e. The lowest BCUT2D eigenvalue weighted by atomic mass is 9.91. The lowest BCUT2D eigenvalue weighted by Crippen LogP contribution is -2.41. The third kappa shape index (κ3) is 2.71. The molecule has 0 unspecified atom stereocenters. The zero-order valence-corrected chi connectivity index (χ0v) is 11.9. The Bertz CT molecular complexity index is 401. The number of aliphatic hydroxyl groups excluding tert-OH is 1. The number of aliphatic hydroxyl groups is 1. The van der Waals surface area contributed by atoms with Gasteiger partial charge in [-0.2, -0.15) is 5.10 Å². The molecular weight excluding hydrogens is 250 g/mol. The van der Waals surface area contributed by atoms with Gasteiger partial charge >= 0.3 is 0 Å². The lowest BCUT2D eigenvalue weighted by molar-refractivity contribution is 0.0919. The normalized spacial score (nSPS) is 16.3. The van der Waals surface area contributed by atoms with Crippen LogP contribution >= 0.6 is 11.6 Å². The van der Waals surface area contributed by atoms with E-state index in [1.807, 2.05) is 11.6 Å². The molecule has 4 nitrogen and oxygen atoms in total. The molecule has 0 atom stereocenters. The number of rotatable bonds is 6. The van der Waals surface area contributed by atoms with E-state index in [-0.39, 0.29) is 6.61 Å². The Morgan fingerprint density at radius 1 is 1.50 bits per heavy atom. The van der Waals surface area contributed by atoms with Crippen LogP contribution < -0.4 is 0 Å². The van der Waals surface area contributed by atoms with E-state index in [9.17, 15) is 5.11 Å². The molecule has 0 amide bonds. The summed E-state index contributed by atoms with van der Waals surface area (Å²) in [7, 11) is 0. The van der Waals surface area contributed by atoms with Crippen LogP contribution in [0.1, 0.15) is 37.6 Å². The summed E-state index contributed by atoms with van der Waals surface area (Å²) in [5, 5.41) is 14.4. The van der Waals surface area contributed by atoms with Crippen molar-refractivity contribution in [3.8, 4) is 0 Å². The van der Waals surface area contributed by atoms with E-state index < -0.39 is 0 Å². The second kappa shape index (κ2) is 6.04. The summed E-state index contributed by atoms with van der Waals surface area (Å²) < 4.78 is 1.97. The van der Waals surface area contributed by atoms with Crippen molar-refractivity contribution in [3.63, 3.8) is 0 Å². The molecule has 1 N–H and O–H groups in total. The van der Waals surface area contributed by atoms with Gasteiger partial charge in [-0.15, -0.1) is 0 Å². The highest BCUT2D eigenvalue weighted by atomic mass is 35.5. The maximum absolute atomic E-state index is 9.19. The van der Waals surface area contributed by atoms with Crippen molar-refractivity contribution >= 4 is 11.6 Å². The Labute approximate surface area is 114 Å². The summed E-state index contributed by atoms with van der Waals surface area (Å²) in [6.45, 7) is 6.56. The molecule has 1 aliphatic rings. The number of hydrogen-bond acceptors (Lipinski definition) is 3. The lowest BCUT2D eigenvalue weighted by Gasteiger charge is -2.37. The van der Waals surface area contributed by atoms with Crippen LogP contribution in [-0.2, 0) is 13.1 Å². The van der Waals surface area contributed by atoms with Crippen LogP contribution in [0.5, 0.6) is 0 Å². The van der Waals surface area contributed by atoms with Crippen LogP contribution in [0.25, 0.3) is 0 Å². The summed E-state index contributed by atoms with van der Waals surface area (Å²) in [5.74, 6) is 0. The summed E-state index contributed by atoms with van der Waals surface area (Å²) in [6.07, 6.45) is 3.76. The van der Waals surface area contributed by atoms with Crippen LogP contribution in [-0.4, -0.2) is 39.0 Å². The Balaban J connectivity index is 2.14. The zero-order valence-electron chi connectivity index (χ0n) is 11.2. The Morgan fingerprint density at radius 2 is 2.22 bits per heavy atom. The molecule has 18 heavy (non-hydrogen) atoms. The van der Waals surface area contributed by atoms with Crippen molar-refractivity contribution in [1.82, 2.24) is 14.7 Å². The van der Waals surface area contributed by atoms with Gasteiger partial charge in [0, 0.05) is 25.7 Å². The first-order valence-corrected chi connectivity index (χ1v) is 7.11. The highest BCUT2D eigenvalue weighted by Gasteiger charge is 2.26. The first-order valence-electron chi connectivity index (χ1n) is 6.74. The van der Waals surface area contributed by atoms with Gasteiger partial charge in [0.05, 0.1) is 23.0 Å². The van der Waals surface area contributed by atoms with E-state index in [0.717, 1.165) is 36.0 Å². The molecule has 1 heterocycles. The van der Waals surface area contributed by atoms with Gasteiger partial charge < -0.3 is 5.11 Å². The number of halogens is 1. The van der Waals surface area contributed by atoms with Crippen LogP contribution in [0.4, 0.5) is 0 Å². The van der Waals surface area contributed by atoms with Crippen molar-refractivity contribution in [3.05, 3.63) is 16.4 Å². The van der Waals surface area contributed by atoms with Crippen molar-refractivity contribution in [2.24, 2.45) is 0 Å². The molecule has 102 valence electrons. The van der Waals surface area contributed by atoms with Crippen molar-refractivity contribution < 1.29 is 5.11 Å². The van der Waals surface area contributed by atoms with E-state index in [0.29, 0.717) is 6.04 Å². The van der Waals surface area contributed by atoms with Crippen LogP contribution in [0, 0.1) is 6.92 Å². The third-order valence-corrected chi connectivity index (χ3v) is 4.28. The second-order valence-corrected chi connectivity index (χ2v) is 5.32. The predicted octanol–water partition coefficient (Wildman–Crippen LogP) is 2.21. The molecule has 1 fully saturated rings. The Morgan fingerprint density at radius 3 is 2.72 bits per heavy atom. The highest BCUT2D eigenvalue weighted by Crippen LogP contribution is 2.28. The minimum atomic E-state index is 0.202. The molecule has 1 aromatic rings. The molecule has 0 spiro atoms. The second-order valence-electron chi connectivity index (χ2n) is 4.94. The van der Waals surface area contributed by atoms with Gasteiger partial charge in [0.1, 0.15) is 0 Å². The number of hydrogen-bond donors (Lipinski definition) is 1. The fourth-order valence-electron chi connectivity index (χ4n) is 2.48. The predicted molar refractivity (Wildman–Crippen MR) is 72.8 cm³/mol. The highest BCUT2D eigenvalue weighted by molar-refractivity contribution is 6.31.